The zero-order chi connectivity index (χ0) is 14.8. The van der Waals surface area contributed by atoms with Crippen LogP contribution in [0, 0.1) is 11.8 Å². The molecule has 0 aromatic carbocycles. The van der Waals surface area contributed by atoms with E-state index in [-0.39, 0.29) is 12.1 Å². The quantitative estimate of drug-likeness (QED) is 0.729. The Morgan fingerprint density at radius 3 is 2.35 bits per heavy atom. The van der Waals surface area contributed by atoms with E-state index in [9.17, 15) is 9.59 Å². The third kappa shape index (κ3) is 3.74. The Morgan fingerprint density at radius 2 is 1.80 bits per heavy atom. The van der Waals surface area contributed by atoms with Crippen LogP contribution in [0.4, 0.5) is 4.79 Å². The van der Waals surface area contributed by atoms with Crippen LogP contribution >= 0.6 is 0 Å². The monoisotopic (exact) mass is 281 g/mol. The Labute approximate surface area is 121 Å². The molecule has 0 bridgehead atoms. The molecule has 20 heavy (non-hydrogen) atoms. The first kappa shape index (κ1) is 15.3. The van der Waals surface area contributed by atoms with Gasteiger partial charge in [0.05, 0.1) is 6.04 Å². The third-order valence-electron chi connectivity index (χ3n) is 4.48. The van der Waals surface area contributed by atoms with Crippen LogP contribution in [-0.4, -0.2) is 35.5 Å². The highest BCUT2D eigenvalue weighted by atomic mass is 16.6. The fraction of sp³-hybridized carbons (Fsp3) is 0.875. The normalized spacial score (nSPS) is 28.4. The van der Waals surface area contributed by atoms with Gasteiger partial charge < -0.3 is 9.53 Å². The van der Waals surface area contributed by atoms with Crippen LogP contribution < -0.4 is 0 Å². The van der Waals surface area contributed by atoms with E-state index in [2.05, 4.69) is 0 Å². The van der Waals surface area contributed by atoms with Gasteiger partial charge in [0.15, 0.2) is 0 Å². The molecule has 114 valence electrons. The predicted molar refractivity (Wildman–Crippen MR) is 77.5 cm³/mol. The summed E-state index contributed by atoms with van der Waals surface area (Å²) in [4.78, 5) is 25.1. The second-order valence-electron chi connectivity index (χ2n) is 7.23. The molecule has 1 amide bonds. The zero-order valence-corrected chi connectivity index (χ0v) is 12.9. The highest BCUT2D eigenvalue weighted by Crippen LogP contribution is 2.37. The summed E-state index contributed by atoms with van der Waals surface area (Å²) in [6, 6.07) is -0.295. The summed E-state index contributed by atoms with van der Waals surface area (Å²) in [7, 11) is 0. The number of carbonyl (C=O) groups is 2. The molecule has 1 saturated heterocycles. The first-order valence-corrected chi connectivity index (χ1v) is 7.85. The highest BCUT2D eigenvalue weighted by molar-refractivity contribution is 5.74. The number of hydrogen-bond donors (Lipinski definition) is 0. The fourth-order valence-corrected chi connectivity index (χ4v) is 3.51. The van der Waals surface area contributed by atoms with Gasteiger partial charge in [0, 0.05) is 6.54 Å². The number of likely N-dealkylation sites (tertiary alicyclic amines) is 1. The van der Waals surface area contributed by atoms with Crippen molar-refractivity contribution in [3.8, 4) is 0 Å². The summed E-state index contributed by atoms with van der Waals surface area (Å²) >= 11 is 0. The van der Waals surface area contributed by atoms with Crippen LogP contribution in [0.3, 0.4) is 0 Å². The molecule has 1 heterocycles. The van der Waals surface area contributed by atoms with Crippen molar-refractivity contribution >= 4 is 12.4 Å². The minimum absolute atomic E-state index is 0.295. The van der Waals surface area contributed by atoms with Crippen LogP contribution in [-0.2, 0) is 9.53 Å². The molecular weight excluding hydrogens is 254 g/mol. The Hall–Kier alpha value is -1.06. The molecule has 0 aromatic heterocycles. The number of hydrogen-bond acceptors (Lipinski definition) is 3. The number of rotatable bonds is 2. The minimum Gasteiger partial charge on any atom is -0.444 e. The highest BCUT2D eigenvalue weighted by Gasteiger charge is 2.40. The van der Waals surface area contributed by atoms with E-state index in [0.29, 0.717) is 18.4 Å². The molecule has 4 nitrogen and oxygen atoms in total. The molecule has 2 fully saturated rings. The van der Waals surface area contributed by atoms with Gasteiger partial charge >= 0.3 is 6.09 Å². The number of nitrogens with zero attached hydrogens (tertiary/aromatic N) is 1. The van der Waals surface area contributed by atoms with Crippen molar-refractivity contribution in [3.63, 3.8) is 0 Å². The van der Waals surface area contributed by atoms with Gasteiger partial charge in [-0.25, -0.2) is 4.79 Å². The first-order chi connectivity index (χ1) is 9.40. The molecule has 2 atom stereocenters. The minimum atomic E-state index is -0.507. The third-order valence-corrected chi connectivity index (χ3v) is 4.48. The average molecular weight is 281 g/mol. The van der Waals surface area contributed by atoms with Crippen molar-refractivity contribution in [1.29, 1.82) is 0 Å². The number of aldehydes is 1. The van der Waals surface area contributed by atoms with E-state index >= 15 is 0 Å². The molecule has 2 unspecified atom stereocenters. The summed E-state index contributed by atoms with van der Waals surface area (Å²) < 4.78 is 5.42. The lowest BCUT2D eigenvalue weighted by Crippen LogP contribution is -2.40. The molecule has 2 aliphatic rings. The molecular formula is C16H27NO3. The van der Waals surface area contributed by atoms with Crippen LogP contribution in [0.25, 0.3) is 0 Å². The Balaban J connectivity index is 1.98. The van der Waals surface area contributed by atoms with E-state index in [4.69, 9.17) is 4.74 Å². The van der Waals surface area contributed by atoms with E-state index < -0.39 is 5.60 Å². The van der Waals surface area contributed by atoms with Crippen molar-refractivity contribution in [2.75, 3.05) is 6.54 Å². The summed E-state index contributed by atoms with van der Waals surface area (Å²) in [6.07, 6.45) is 7.79. The van der Waals surface area contributed by atoms with Crippen LogP contribution in [0.2, 0.25) is 0 Å². The van der Waals surface area contributed by atoms with E-state index in [0.717, 1.165) is 12.7 Å². The molecule has 0 radical (unpaired) electrons. The second kappa shape index (κ2) is 6.15. The maximum absolute atomic E-state index is 12.2. The van der Waals surface area contributed by atoms with Gasteiger partial charge in [0.2, 0.25) is 0 Å². The van der Waals surface area contributed by atoms with Crippen molar-refractivity contribution in [3.05, 3.63) is 0 Å². The maximum atomic E-state index is 12.2. The van der Waals surface area contributed by atoms with E-state index in [1.54, 1.807) is 4.90 Å². The average Bonchev–Trinajstić information content (AvgIpc) is 2.82. The lowest BCUT2D eigenvalue weighted by atomic mass is 9.79. The van der Waals surface area contributed by atoms with Crippen molar-refractivity contribution in [1.82, 2.24) is 4.90 Å². The Morgan fingerprint density at radius 1 is 1.15 bits per heavy atom. The molecule has 0 N–H and O–H groups in total. The van der Waals surface area contributed by atoms with Gasteiger partial charge in [0.1, 0.15) is 11.9 Å². The fourth-order valence-electron chi connectivity index (χ4n) is 3.51. The van der Waals surface area contributed by atoms with Gasteiger partial charge in [-0.3, -0.25) is 4.90 Å². The summed E-state index contributed by atoms with van der Waals surface area (Å²) in [5.74, 6) is 1.15. The lowest BCUT2D eigenvalue weighted by Gasteiger charge is -2.28. The summed E-state index contributed by atoms with van der Waals surface area (Å²) in [5.41, 5.74) is -0.507. The maximum Gasteiger partial charge on any atom is 0.410 e. The van der Waals surface area contributed by atoms with Gasteiger partial charge in [0.25, 0.3) is 0 Å². The predicted octanol–water partition coefficient (Wildman–Crippen LogP) is 3.39. The van der Waals surface area contributed by atoms with Crippen LogP contribution in [0.5, 0.6) is 0 Å². The number of carbonyl (C=O) groups excluding carboxylic acids is 2. The van der Waals surface area contributed by atoms with Crippen LogP contribution in [0.15, 0.2) is 0 Å². The lowest BCUT2D eigenvalue weighted by molar-refractivity contribution is -0.111. The van der Waals surface area contributed by atoms with Gasteiger partial charge in [-0.15, -0.1) is 0 Å². The number of amides is 1. The smallest absolute Gasteiger partial charge is 0.410 e. The van der Waals surface area contributed by atoms with E-state index in [1.807, 2.05) is 20.8 Å². The van der Waals surface area contributed by atoms with Gasteiger partial charge in [-0.1, -0.05) is 32.1 Å². The van der Waals surface area contributed by atoms with Crippen molar-refractivity contribution in [2.24, 2.45) is 11.8 Å². The Kier molecular flexibility index (Phi) is 4.71. The zero-order valence-electron chi connectivity index (χ0n) is 12.9. The molecule has 1 saturated carbocycles. The standard InChI is InChI=1S/C16H27NO3/c1-16(2,3)20-15(19)17-10-13(9-14(17)11-18)12-7-5-4-6-8-12/h11-14H,4-10H2,1-3H3. The van der Waals surface area contributed by atoms with Crippen LogP contribution in [0.1, 0.15) is 59.3 Å². The number of ether oxygens (including phenoxy) is 1. The SMILES string of the molecule is CC(C)(C)OC(=O)N1CC(C2CCCCC2)CC1C=O. The topological polar surface area (TPSA) is 46.6 Å². The molecule has 0 spiro atoms. The molecule has 2 rings (SSSR count). The molecule has 1 aliphatic heterocycles. The van der Waals surface area contributed by atoms with E-state index in [1.165, 1.54) is 32.1 Å². The van der Waals surface area contributed by atoms with Crippen molar-refractivity contribution < 1.29 is 14.3 Å². The summed E-state index contributed by atoms with van der Waals surface area (Å²) in [5, 5.41) is 0. The summed E-state index contributed by atoms with van der Waals surface area (Å²) in [6.45, 7) is 6.25. The second-order valence-corrected chi connectivity index (χ2v) is 7.23. The molecule has 1 aliphatic carbocycles. The first-order valence-electron chi connectivity index (χ1n) is 7.85. The van der Waals surface area contributed by atoms with Gasteiger partial charge in [-0.2, -0.15) is 0 Å². The Bertz CT molecular complexity index is 355. The largest absolute Gasteiger partial charge is 0.444 e. The van der Waals surface area contributed by atoms with Crippen molar-refractivity contribution in [2.45, 2.75) is 70.9 Å². The van der Waals surface area contributed by atoms with Gasteiger partial charge in [-0.05, 0) is 39.0 Å². The molecule has 4 heteroatoms. The molecule has 0 aromatic rings.